The zero-order chi connectivity index (χ0) is 22.0. The van der Waals surface area contributed by atoms with Gasteiger partial charge in [-0.05, 0) is 55.0 Å². The number of halogens is 2. The fraction of sp³-hybridized carbons (Fsp3) is 0.0833. The van der Waals surface area contributed by atoms with E-state index in [1.165, 1.54) is 42.5 Å². The van der Waals surface area contributed by atoms with E-state index in [0.29, 0.717) is 17.9 Å². The molecule has 1 aliphatic heterocycles. The van der Waals surface area contributed by atoms with E-state index in [1.54, 1.807) is 30.3 Å². The van der Waals surface area contributed by atoms with Crippen LogP contribution < -0.4 is 15.0 Å². The van der Waals surface area contributed by atoms with E-state index < -0.39 is 23.4 Å². The first-order valence-corrected chi connectivity index (χ1v) is 9.63. The van der Waals surface area contributed by atoms with E-state index in [9.17, 15) is 18.4 Å². The van der Waals surface area contributed by atoms with Crippen molar-refractivity contribution in [2.45, 2.75) is 6.92 Å². The van der Waals surface area contributed by atoms with Crippen LogP contribution in [0.15, 0.2) is 78.5 Å². The van der Waals surface area contributed by atoms with Crippen LogP contribution in [-0.2, 0) is 9.59 Å². The highest BCUT2D eigenvalue weighted by Crippen LogP contribution is 2.35. The minimum atomic E-state index is -0.733. The monoisotopic (exact) mass is 420 g/mol. The van der Waals surface area contributed by atoms with Gasteiger partial charge in [-0.1, -0.05) is 30.3 Å². The highest BCUT2D eigenvalue weighted by atomic mass is 19.1. The first kappa shape index (κ1) is 20.3. The van der Waals surface area contributed by atoms with Gasteiger partial charge in [0.1, 0.15) is 23.1 Å². The molecular weight excluding hydrogens is 402 g/mol. The van der Waals surface area contributed by atoms with Gasteiger partial charge in [0, 0.05) is 5.69 Å². The second-order valence-corrected chi connectivity index (χ2v) is 6.74. The lowest BCUT2D eigenvalue weighted by molar-refractivity contribution is -0.120. The van der Waals surface area contributed by atoms with Gasteiger partial charge in [0.2, 0.25) is 0 Å². The van der Waals surface area contributed by atoms with E-state index in [4.69, 9.17) is 4.74 Å². The van der Waals surface area contributed by atoms with Crippen LogP contribution in [0.25, 0.3) is 5.57 Å². The van der Waals surface area contributed by atoms with Crippen molar-refractivity contribution in [2.75, 3.05) is 16.8 Å². The van der Waals surface area contributed by atoms with Crippen molar-refractivity contribution < 1.29 is 23.1 Å². The van der Waals surface area contributed by atoms with Crippen molar-refractivity contribution in [3.8, 4) is 5.75 Å². The number of carbonyl (C=O) groups excluding carboxylic acids is 2. The molecule has 0 aromatic heterocycles. The second-order valence-electron chi connectivity index (χ2n) is 6.74. The van der Waals surface area contributed by atoms with Gasteiger partial charge in [0.05, 0.1) is 17.9 Å². The molecule has 0 fully saturated rings. The Bertz CT molecular complexity index is 1190. The van der Waals surface area contributed by atoms with E-state index in [-0.39, 0.29) is 22.6 Å². The lowest BCUT2D eigenvalue weighted by Gasteiger charge is -2.16. The molecular formula is C24H18F2N2O3. The molecule has 0 saturated heterocycles. The van der Waals surface area contributed by atoms with Crippen LogP contribution in [0.2, 0.25) is 0 Å². The first-order chi connectivity index (χ1) is 15.0. The molecule has 3 aromatic carbocycles. The second kappa shape index (κ2) is 8.39. The van der Waals surface area contributed by atoms with Crippen molar-refractivity contribution >= 4 is 28.8 Å². The van der Waals surface area contributed by atoms with E-state index in [0.717, 1.165) is 4.90 Å². The summed E-state index contributed by atoms with van der Waals surface area (Å²) in [4.78, 5) is 27.3. The number of hydrogen-bond donors (Lipinski definition) is 1. The molecule has 0 spiro atoms. The summed E-state index contributed by atoms with van der Waals surface area (Å²) in [5.41, 5.74) is 0.565. The van der Waals surface area contributed by atoms with Crippen molar-refractivity contribution in [2.24, 2.45) is 0 Å². The summed E-state index contributed by atoms with van der Waals surface area (Å²) >= 11 is 0. The van der Waals surface area contributed by atoms with Gasteiger partial charge in [0.25, 0.3) is 11.8 Å². The topological polar surface area (TPSA) is 58.6 Å². The summed E-state index contributed by atoms with van der Waals surface area (Å²) in [7, 11) is 0. The molecule has 0 atom stereocenters. The van der Waals surface area contributed by atoms with E-state index in [1.807, 2.05) is 6.92 Å². The fourth-order valence-corrected chi connectivity index (χ4v) is 3.36. The van der Waals surface area contributed by atoms with Crippen molar-refractivity contribution in [3.63, 3.8) is 0 Å². The largest absolute Gasteiger partial charge is 0.494 e. The maximum absolute atomic E-state index is 14.4. The third kappa shape index (κ3) is 3.90. The number of ether oxygens (including phenoxy) is 1. The van der Waals surface area contributed by atoms with Crippen LogP contribution in [-0.4, -0.2) is 18.4 Å². The van der Waals surface area contributed by atoms with Gasteiger partial charge in [-0.15, -0.1) is 0 Å². The Balaban J connectivity index is 1.81. The Hall–Kier alpha value is -4.00. The molecule has 2 amide bonds. The summed E-state index contributed by atoms with van der Waals surface area (Å²) < 4.78 is 33.5. The Morgan fingerprint density at radius 2 is 1.65 bits per heavy atom. The zero-order valence-electron chi connectivity index (χ0n) is 16.6. The van der Waals surface area contributed by atoms with Gasteiger partial charge < -0.3 is 10.1 Å². The number of anilines is 2. The lowest BCUT2D eigenvalue weighted by atomic mass is 10.0. The smallest absolute Gasteiger partial charge is 0.282 e. The number of hydrogen-bond acceptors (Lipinski definition) is 4. The highest BCUT2D eigenvalue weighted by Gasteiger charge is 2.41. The summed E-state index contributed by atoms with van der Waals surface area (Å²) in [5.74, 6) is -2.02. The minimum Gasteiger partial charge on any atom is -0.494 e. The SMILES string of the molecule is CCOc1ccc(C2=C(Nc3cccc(F)c3)C(=O)N(c3ccccc3F)C2=O)cc1. The number of rotatable bonds is 6. The molecule has 156 valence electrons. The summed E-state index contributed by atoms with van der Waals surface area (Å²) in [6.45, 7) is 2.33. The number of nitrogens with one attached hydrogen (secondary N) is 1. The third-order valence-electron chi connectivity index (χ3n) is 4.73. The minimum absolute atomic E-state index is 0.0561. The molecule has 3 aromatic rings. The molecule has 7 heteroatoms. The van der Waals surface area contributed by atoms with Gasteiger partial charge in [-0.2, -0.15) is 0 Å². The standard InChI is InChI=1S/C24H18F2N2O3/c1-2-31-18-12-10-15(11-13-18)21-22(27-17-7-5-6-16(25)14-17)24(30)28(23(21)29)20-9-4-3-8-19(20)26/h3-14,27H,2H2,1H3. The molecule has 0 unspecified atom stereocenters. The summed E-state index contributed by atoms with van der Waals surface area (Å²) in [6, 6.07) is 17.7. The predicted molar refractivity (Wildman–Crippen MR) is 113 cm³/mol. The molecule has 1 heterocycles. The molecule has 0 saturated carbocycles. The van der Waals surface area contributed by atoms with Gasteiger partial charge >= 0.3 is 0 Å². The fourth-order valence-electron chi connectivity index (χ4n) is 3.36. The maximum atomic E-state index is 14.4. The normalized spacial score (nSPS) is 13.7. The predicted octanol–water partition coefficient (Wildman–Crippen LogP) is 4.76. The molecule has 31 heavy (non-hydrogen) atoms. The van der Waals surface area contributed by atoms with Crippen LogP contribution in [0.5, 0.6) is 5.75 Å². The summed E-state index contributed by atoms with van der Waals surface area (Å²) in [5, 5.41) is 2.84. The Labute approximate surface area is 177 Å². The molecule has 1 N–H and O–H groups in total. The van der Waals surface area contributed by atoms with Crippen molar-refractivity contribution in [1.82, 2.24) is 0 Å². The van der Waals surface area contributed by atoms with Crippen molar-refractivity contribution in [1.29, 1.82) is 0 Å². The molecule has 0 bridgehead atoms. The van der Waals surface area contributed by atoms with E-state index >= 15 is 0 Å². The van der Waals surface area contributed by atoms with Crippen LogP contribution in [0.1, 0.15) is 12.5 Å². The highest BCUT2D eigenvalue weighted by molar-refractivity contribution is 6.46. The first-order valence-electron chi connectivity index (χ1n) is 9.63. The zero-order valence-corrected chi connectivity index (χ0v) is 16.6. The molecule has 5 nitrogen and oxygen atoms in total. The van der Waals surface area contributed by atoms with Crippen LogP contribution >= 0.6 is 0 Å². The Morgan fingerprint density at radius 1 is 0.903 bits per heavy atom. The molecule has 0 radical (unpaired) electrons. The number of nitrogens with zero attached hydrogens (tertiary/aromatic N) is 1. The average Bonchev–Trinajstić information content (AvgIpc) is 2.99. The van der Waals surface area contributed by atoms with E-state index in [2.05, 4.69) is 5.32 Å². The Kier molecular flexibility index (Phi) is 5.49. The third-order valence-corrected chi connectivity index (χ3v) is 4.73. The van der Waals surface area contributed by atoms with Crippen LogP contribution in [0.3, 0.4) is 0 Å². The number of amides is 2. The lowest BCUT2D eigenvalue weighted by Crippen LogP contribution is -2.33. The number of benzene rings is 3. The number of para-hydroxylation sites is 1. The molecule has 1 aliphatic rings. The number of carbonyl (C=O) groups is 2. The average molecular weight is 420 g/mol. The van der Waals surface area contributed by atoms with Gasteiger partial charge in [0.15, 0.2) is 0 Å². The summed E-state index contributed by atoms with van der Waals surface area (Å²) in [6.07, 6.45) is 0. The van der Waals surface area contributed by atoms with Crippen molar-refractivity contribution in [3.05, 3.63) is 95.7 Å². The van der Waals surface area contributed by atoms with Gasteiger partial charge in [-0.25, -0.2) is 13.7 Å². The Morgan fingerprint density at radius 3 is 2.32 bits per heavy atom. The molecule has 4 rings (SSSR count). The van der Waals surface area contributed by atoms with Gasteiger partial charge in [-0.3, -0.25) is 9.59 Å². The maximum Gasteiger partial charge on any atom is 0.282 e. The van der Waals surface area contributed by atoms with Crippen LogP contribution in [0, 0.1) is 11.6 Å². The quantitative estimate of drug-likeness (QED) is 0.584. The van der Waals surface area contributed by atoms with Crippen LogP contribution in [0.4, 0.5) is 20.2 Å². The molecule has 0 aliphatic carbocycles. The number of imide groups is 1.